The summed E-state index contributed by atoms with van der Waals surface area (Å²) in [6.45, 7) is 4.85. The van der Waals surface area contributed by atoms with Crippen LogP contribution in [0.5, 0.6) is 0 Å². The van der Waals surface area contributed by atoms with Crippen molar-refractivity contribution >= 4 is 22.9 Å². The lowest BCUT2D eigenvalue weighted by molar-refractivity contribution is -0.120. The zero-order valence-corrected chi connectivity index (χ0v) is 13.2. The molecule has 0 bridgehead atoms. The number of thiophene rings is 1. The van der Waals surface area contributed by atoms with E-state index < -0.39 is 0 Å². The summed E-state index contributed by atoms with van der Waals surface area (Å²) in [5.74, 6) is 0.156. The van der Waals surface area contributed by atoms with Crippen LogP contribution in [0.2, 0.25) is 0 Å². The van der Waals surface area contributed by atoms with Gasteiger partial charge in [-0.1, -0.05) is 24.3 Å². The van der Waals surface area contributed by atoms with Crippen LogP contribution in [0, 0.1) is 0 Å². The van der Waals surface area contributed by atoms with Gasteiger partial charge < -0.3 is 4.90 Å². The lowest BCUT2D eigenvalue weighted by atomic mass is 10.1. The first-order chi connectivity index (χ1) is 10.2. The predicted molar refractivity (Wildman–Crippen MR) is 87.8 cm³/mol. The number of anilines is 1. The van der Waals surface area contributed by atoms with E-state index >= 15 is 0 Å². The van der Waals surface area contributed by atoms with E-state index in [4.69, 9.17) is 0 Å². The molecule has 21 heavy (non-hydrogen) atoms. The molecule has 3 nitrogen and oxygen atoms in total. The van der Waals surface area contributed by atoms with Gasteiger partial charge in [-0.3, -0.25) is 10.1 Å². The molecular formula is C17H20N2OS. The Kier molecular flexibility index (Phi) is 4.08. The van der Waals surface area contributed by atoms with E-state index in [2.05, 4.69) is 29.8 Å². The van der Waals surface area contributed by atoms with Crippen molar-refractivity contribution in [3.05, 3.63) is 52.2 Å². The van der Waals surface area contributed by atoms with Gasteiger partial charge in [-0.05, 0) is 43.3 Å². The van der Waals surface area contributed by atoms with E-state index in [0.717, 1.165) is 18.7 Å². The average Bonchev–Trinajstić information content (AvgIpc) is 3.15. The minimum Gasteiger partial charge on any atom is -0.310 e. The van der Waals surface area contributed by atoms with Gasteiger partial charge >= 0.3 is 0 Å². The zero-order chi connectivity index (χ0) is 14.8. The van der Waals surface area contributed by atoms with Crippen LogP contribution >= 0.6 is 11.3 Å². The summed E-state index contributed by atoms with van der Waals surface area (Å²) < 4.78 is 0. The van der Waals surface area contributed by atoms with Crippen molar-refractivity contribution in [2.24, 2.45) is 0 Å². The number of hydrogen-bond donors (Lipinski definition) is 1. The Morgan fingerprint density at radius 2 is 2.05 bits per heavy atom. The van der Waals surface area contributed by atoms with E-state index in [1.807, 2.05) is 36.1 Å². The molecular weight excluding hydrogens is 280 g/mol. The molecule has 0 spiro atoms. The Labute approximate surface area is 129 Å². The third kappa shape index (κ3) is 2.87. The Bertz CT molecular complexity index is 623. The topological polar surface area (TPSA) is 32.3 Å². The van der Waals surface area contributed by atoms with Crippen molar-refractivity contribution in [1.29, 1.82) is 0 Å². The lowest BCUT2D eigenvalue weighted by Gasteiger charge is -2.24. The number of fused-ring (bicyclic) bond motifs is 1. The molecule has 1 aromatic heterocycles. The molecule has 2 heterocycles. The number of carbonyl (C=O) groups is 1. The molecule has 2 aromatic rings. The summed E-state index contributed by atoms with van der Waals surface area (Å²) in [7, 11) is 0. The Morgan fingerprint density at radius 1 is 1.24 bits per heavy atom. The molecule has 4 heteroatoms. The van der Waals surface area contributed by atoms with Gasteiger partial charge in [0.05, 0.1) is 6.04 Å². The fourth-order valence-corrected chi connectivity index (χ4v) is 3.61. The van der Waals surface area contributed by atoms with Crippen molar-refractivity contribution < 1.29 is 4.79 Å². The predicted octanol–water partition coefficient (Wildman–Crippen LogP) is 3.38. The fraction of sp³-hybridized carbons (Fsp3) is 0.353. The summed E-state index contributed by atoms with van der Waals surface area (Å²) in [5, 5.41) is 5.48. The Balaban J connectivity index is 1.68. The van der Waals surface area contributed by atoms with Crippen LogP contribution in [0.15, 0.2) is 41.8 Å². The highest BCUT2D eigenvalue weighted by atomic mass is 32.1. The standard InChI is InChI=1S/C17H20N2OS/c1-12(16-8-5-11-21-16)18-13(2)17(20)19-10-9-14-6-3-4-7-15(14)19/h3-8,11-13,18H,9-10H2,1-2H3/t12-,13-/m0/s1. The molecule has 1 aliphatic rings. The molecule has 0 saturated carbocycles. The lowest BCUT2D eigenvalue weighted by Crippen LogP contribution is -2.45. The maximum atomic E-state index is 12.7. The van der Waals surface area contributed by atoms with Crippen molar-refractivity contribution in [3.63, 3.8) is 0 Å². The van der Waals surface area contributed by atoms with Gasteiger partial charge in [0.15, 0.2) is 0 Å². The average molecular weight is 300 g/mol. The minimum absolute atomic E-state index is 0.156. The quantitative estimate of drug-likeness (QED) is 0.939. The maximum Gasteiger partial charge on any atom is 0.243 e. The van der Waals surface area contributed by atoms with Crippen LogP contribution in [-0.4, -0.2) is 18.5 Å². The number of para-hydroxylation sites is 1. The number of nitrogens with zero attached hydrogens (tertiary/aromatic N) is 1. The zero-order valence-electron chi connectivity index (χ0n) is 12.4. The number of nitrogens with one attached hydrogen (secondary N) is 1. The van der Waals surface area contributed by atoms with Gasteiger partial charge in [0.25, 0.3) is 0 Å². The molecule has 0 radical (unpaired) electrons. The number of hydrogen-bond acceptors (Lipinski definition) is 3. The van der Waals surface area contributed by atoms with Crippen molar-refractivity contribution in [2.75, 3.05) is 11.4 Å². The van der Waals surface area contributed by atoms with Crippen LogP contribution in [0.25, 0.3) is 0 Å². The van der Waals surface area contributed by atoms with E-state index in [9.17, 15) is 4.79 Å². The molecule has 110 valence electrons. The molecule has 1 amide bonds. The highest BCUT2D eigenvalue weighted by Crippen LogP contribution is 2.28. The van der Waals surface area contributed by atoms with Crippen molar-refractivity contribution in [1.82, 2.24) is 5.32 Å². The fourth-order valence-electron chi connectivity index (χ4n) is 2.87. The summed E-state index contributed by atoms with van der Waals surface area (Å²) in [4.78, 5) is 15.9. The summed E-state index contributed by atoms with van der Waals surface area (Å²) in [6.07, 6.45) is 0.953. The SMILES string of the molecule is C[C@H](N[C@@H](C)c1cccs1)C(=O)N1CCc2ccccc21. The number of benzene rings is 1. The normalized spacial score (nSPS) is 16.6. The summed E-state index contributed by atoms with van der Waals surface area (Å²) >= 11 is 1.72. The molecule has 2 atom stereocenters. The van der Waals surface area contributed by atoms with Crippen LogP contribution in [-0.2, 0) is 11.2 Å². The minimum atomic E-state index is -0.187. The van der Waals surface area contributed by atoms with Gasteiger partial charge in [-0.2, -0.15) is 0 Å². The van der Waals surface area contributed by atoms with Crippen LogP contribution in [0.4, 0.5) is 5.69 Å². The molecule has 1 aliphatic heterocycles. The first-order valence-corrected chi connectivity index (χ1v) is 8.23. The first-order valence-electron chi connectivity index (χ1n) is 7.35. The maximum absolute atomic E-state index is 12.7. The largest absolute Gasteiger partial charge is 0.310 e. The molecule has 0 unspecified atom stereocenters. The van der Waals surface area contributed by atoms with E-state index in [0.29, 0.717) is 0 Å². The van der Waals surface area contributed by atoms with Gasteiger partial charge in [0, 0.05) is 23.2 Å². The molecule has 0 saturated heterocycles. The van der Waals surface area contributed by atoms with Crippen LogP contribution in [0.1, 0.15) is 30.3 Å². The Hall–Kier alpha value is -1.65. The van der Waals surface area contributed by atoms with Crippen molar-refractivity contribution in [2.45, 2.75) is 32.4 Å². The second-order valence-electron chi connectivity index (χ2n) is 5.49. The monoisotopic (exact) mass is 300 g/mol. The van der Waals surface area contributed by atoms with Gasteiger partial charge in [-0.15, -0.1) is 11.3 Å². The van der Waals surface area contributed by atoms with Crippen molar-refractivity contribution in [3.8, 4) is 0 Å². The second-order valence-corrected chi connectivity index (χ2v) is 6.47. The van der Waals surface area contributed by atoms with E-state index in [-0.39, 0.29) is 18.0 Å². The number of amides is 1. The third-order valence-corrected chi connectivity index (χ3v) is 5.05. The summed E-state index contributed by atoms with van der Waals surface area (Å²) in [6, 6.07) is 12.3. The molecule has 3 rings (SSSR count). The Morgan fingerprint density at radius 3 is 2.81 bits per heavy atom. The van der Waals surface area contributed by atoms with Gasteiger partial charge in [0.2, 0.25) is 5.91 Å². The van der Waals surface area contributed by atoms with Gasteiger partial charge in [0.1, 0.15) is 0 Å². The van der Waals surface area contributed by atoms with Gasteiger partial charge in [-0.25, -0.2) is 0 Å². The highest BCUT2D eigenvalue weighted by Gasteiger charge is 2.28. The highest BCUT2D eigenvalue weighted by molar-refractivity contribution is 7.10. The third-order valence-electron chi connectivity index (χ3n) is 3.99. The van der Waals surface area contributed by atoms with E-state index in [1.165, 1.54) is 10.4 Å². The summed E-state index contributed by atoms with van der Waals surface area (Å²) in [5.41, 5.74) is 2.34. The van der Waals surface area contributed by atoms with Crippen LogP contribution < -0.4 is 10.2 Å². The molecule has 1 aromatic carbocycles. The van der Waals surface area contributed by atoms with E-state index in [1.54, 1.807) is 11.3 Å². The number of carbonyl (C=O) groups excluding carboxylic acids is 1. The second kappa shape index (κ2) is 6.00. The molecule has 0 fully saturated rings. The molecule has 0 aliphatic carbocycles. The smallest absolute Gasteiger partial charge is 0.243 e. The molecule has 1 N–H and O–H groups in total. The van der Waals surface area contributed by atoms with Crippen LogP contribution in [0.3, 0.4) is 0 Å². The number of rotatable bonds is 4. The first kappa shape index (κ1) is 14.3.